The van der Waals surface area contributed by atoms with Crippen molar-refractivity contribution in [2.75, 3.05) is 26.7 Å². The summed E-state index contributed by atoms with van der Waals surface area (Å²) >= 11 is 0. The summed E-state index contributed by atoms with van der Waals surface area (Å²) in [7, 11) is 2.20. The molecule has 0 atom stereocenters. The molecule has 3 heterocycles. The predicted molar refractivity (Wildman–Crippen MR) is 111 cm³/mol. The van der Waals surface area contributed by atoms with Crippen LogP contribution in [0, 0.1) is 12.8 Å². The summed E-state index contributed by atoms with van der Waals surface area (Å²) < 4.78 is 6.18. The fourth-order valence-electron chi connectivity index (χ4n) is 4.07. The fourth-order valence-corrected chi connectivity index (χ4v) is 4.07. The van der Waals surface area contributed by atoms with Crippen LogP contribution in [0.4, 0.5) is 0 Å². The van der Waals surface area contributed by atoms with Gasteiger partial charge in [-0.05, 0) is 88.1 Å². The largest absolute Gasteiger partial charge is 0.493 e. The number of rotatable bonds is 5. The zero-order valence-electron chi connectivity index (χ0n) is 16.6. The monoisotopic (exact) mass is 363 g/mol. The van der Waals surface area contributed by atoms with Gasteiger partial charge in [0.15, 0.2) is 0 Å². The second kappa shape index (κ2) is 7.73. The molecule has 1 aromatic carbocycles. The van der Waals surface area contributed by atoms with Crippen molar-refractivity contribution < 1.29 is 4.74 Å². The van der Waals surface area contributed by atoms with E-state index in [1.807, 2.05) is 13.1 Å². The molecule has 0 radical (unpaired) electrons. The van der Waals surface area contributed by atoms with Crippen molar-refractivity contribution in [3.8, 4) is 17.0 Å². The number of nitrogens with one attached hydrogen (secondary N) is 1. The van der Waals surface area contributed by atoms with Crippen molar-refractivity contribution in [1.82, 2.24) is 14.9 Å². The van der Waals surface area contributed by atoms with Crippen LogP contribution < -0.4 is 4.74 Å². The van der Waals surface area contributed by atoms with E-state index in [9.17, 15) is 0 Å². The molecule has 1 fully saturated rings. The quantitative estimate of drug-likeness (QED) is 0.706. The first-order valence-electron chi connectivity index (χ1n) is 10.0. The zero-order chi connectivity index (χ0) is 18.8. The first-order valence-corrected chi connectivity index (χ1v) is 10.0. The lowest BCUT2D eigenvalue weighted by molar-refractivity contribution is 0.160. The van der Waals surface area contributed by atoms with Gasteiger partial charge >= 0.3 is 0 Å². The van der Waals surface area contributed by atoms with Crippen LogP contribution in [0.3, 0.4) is 0 Å². The first kappa shape index (κ1) is 18.1. The molecule has 4 rings (SSSR count). The van der Waals surface area contributed by atoms with E-state index < -0.39 is 0 Å². The number of piperidine rings is 1. The number of benzene rings is 1. The number of aryl methyl sites for hydroxylation is 2. The highest BCUT2D eigenvalue weighted by molar-refractivity contribution is 5.91. The Morgan fingerprint density at radius 3 is 2.74 bits per heavy atom. The van der Waals surface area contributed by atoms with E-state index in [4.69, 9.17) is 4.74 Å². The van der Waals surface area contributed by atoms with Crippen LogP contribution in [-0.4, -0.2) is 41.6 Å². The number of fused-ring (bicyclic) bond motifs is 1. The van der Waals surface area contributed by atoms with Crippen molar-refractivity contribution in [2.45, 2.75) is 33.1 Å². The number of hydrogen-bond donors (Lipinski definition) is 1. The summed E-state index contributed by atoms with van der Waals surface area (Å²) in [5, 5.41) is 1.27. The Bertz CT molecular complexity index is 923. The molecule has 27 heavy (non-hydrogen) atoms. The van der Waals surface area contributed by atoms with Gasteiger partial charge in [0.1, 0.15) is 5.75 Å². The summed E-state index contributed by atoms with van der Waals surface area (Å²) in [4.78, 5) is 10.3. The molecule has 4 heteroatoms. The standard InChI is InChI=1S/C23H29N3O/c1-4-20-21-14-19(27-15-17-8-11-26(3)12-9-17)5-6-22(21)25-23(20)18-7-10-24-16(2)13-18/h5-7,10,13-14,17,25H,4,8-9,11-12,15H2,1-3H3. The molecule has 0 spiro atoms. The summed E-state index contributed by atoms with van der Waals surface area (Å²) in [5.74, 6) is 1.65. The van der Waals surface area contributed by atoms with Crippen molar-refractivity contribution in [1.29, 1.82) is 0 Å². The molecule has 142 valence electrons. The van der Waals surface area contributed by atoms with Crippen molar-refractivity contribution in [3.63, 3.8) is 0 Å². The number of aromatic amines is 1. The van der Waals surface area contributed by atoms with E-state index in [0.717, 1.165) is 24.5 Å². The Morgan fingerprint density at radius 1 is 1.19 bits per heavy atom. The first-order chi connectivity index (χ1) is 13.1. The number of likely N-dealkylation sites (tertiary alicyclic amines) is 1. The van der Waals surface area contributed by atoms with E-state index >= 15 is 0 Å². The number of ether oxygens (including phenoxy) is 1. The summed E-state index contributed by atoms with van der Waals surface area (Å²) in [6.45, 7) is 7.43. The third-order valence-electron chi connectivity index (χ3n) is 5.74. The van der Waals surface area contributed by atoms with Crippen molar-refractivity contribution >= 4 is 10.9 Å². The normalized spacial score (nSPS) is 16.1. The molecule has 1 saturated heterocycles. The van der Waals surface area contributed by atoms with E-state index in [-0.39, 0.29) is 0 Å². The van der Waals surface area contributed by atoms with Crippen LogP contribution in [-0.2, 0) is 6.42 Å². The average Bonchev–Trinajstić information content (AvgIpc) is 3.05. The van der Waals surface area contributed by atoms with Gasteiger partial charge in [0.05, 0.1) is 6.61 Å². The Balaban J connectivity index is 1.58. The number of nitrogens with zero attached hydrogens (tertiary/aromatic N) is 2. The van der Waals surface area contributed by atoms with Gasteiger partial charge in [-0.3, -0.25) is 4.98 Å². The highest BCUT2D eigenvalue weighted by Crippen LogP contribution is 2.33. The van der Waals surface area contributed by atoms with Gasteiger partial charge in [-0.15, -0.1) is 0 Å². The molecule has 3 aromatic rings. The lowest BCUT2D eigenvalue weighted by atomic mass is 9.98. The molecule has 0 unspecified atom stereocenters. The zero-order valence-corrected chi connectivity index (χ0v) is 16.6. The minimum atomic E-state index is 0.670. The smallest absolute Gasteiger partial charge is 0.120 e. The van der Waals surface area contributed by atoms with Gasteiger partial charge < -0.3 is 14.6 Å². The van der Waals surface area contributed by atoms with Crippen LogP contribution in [0.15, 0.2) is 36.5 Å². The maximum Gasteiger partial charge on any atom is 0.120 e. The average molecular weight is 364 g/mol. The molecule has 1 N–H and O–H groups in total. The second-order valence-corrected chi connectivity index (χ2v) is 7.78. The topological polar surface area (TPSA) is 41.1 Å². The van der Waals surface area contributed by atoms with Gasteiger partial charge in [0.25, 0.3) is 0 Å². The molecular weight excluding hydrogens is 334 g/mol. The van der Waals surface area contributed by atoms with Gasteiger partial charge in [0, 0.05) is 34.1 Å². The molecule has 0 saturated carbocycles. The highest BCUT2D eigenvalue weighted by atomic mass is 16.5. The van der Waals surface area contributed by atoms with E-state index in [2.05, 4.69) is 59.2 Å². The van der Waals surface area contributed by atoms with Crippen LogP contribution in [0.5, 0.6) is 5.75 Å². The molecule has 0 aliphatic carbocycles. The van der Waals surface area contributed by atoms with E-state index in [0.29, 0.717) is 5.92 Å². The predicted octanol–water partition coefficient (Wildman–Crippen LogP) is 4.82. The molecule has 4 nitrogen and oxygen atoms in total. The number of hydrogen-bond acceptors (Lipinski definition) is 3. The lowest BCUT2D eigenvalue weighted by Crippen LogP contribution is -2.32. The Morgan fingerprint density at radius 2 is 2.00 bits per heavy atom. The maximum atomic E-state index is 6.18. The third kappa shape index (κ3) is 3.86. The molecule has 0 amide bonds. The molecule has 0 bridgehead atoms. The summed E-state index contributed by atoms with van der Waals surface area (Å²) in [5.41, 5.74) is 5.95. The van der Waals surface area contributed by atoms with Crippen LogP contribution in [0.1, 0.15) is 31.0 Å². The number of H-pyrrole nitrogens is 1. The Kier molecular flexibility index (Phi) is 5.17. The van der Waals surface area contributed by atoms with Gasteiger partial charge in [0.2, 0.25) is 0 Å². The minimum Gasteiger partial charge on any atom is -0.493 e. The summed E-state index contributed by atoms with van der Waals surface area (Å²) in [6.07, 6.45) is 5.32. The lowest BCUT2D eigenvalue weighted by Gasteiger charge is -2.28. The second-order valence-electron chi connectivity index (χ2n) is 7.78. The minimum absolute atomic E-state index is 0.670. The van der Waals surface area contributed by atoms with Crippen molar-refractivity contribution in [2.24, 2.45) is 5.92 Å². The third-order valence-corrected chi connectivity index (χ3v) is 5.74. The summed E-state index contributed by atoms with van der Waals surface area (Å²) in [6, 6.07) is 10.7. The SMILES string of the molecule is CCc1c(-c2ccnc(C)c2)[nH]c2ccc(OCC3CCN(C)CC3)cc12. The van der Waals surface area contributed by atoms with Crippen LogP contribution in [0.25, 0.3) is 22.2 Å². The van der Waals surface area contributed by atoms with Gasteiger partial charge in [-0.1, -0.05) is 6.92 Å². The molecular formula is C23H29N3O. The van der Waals surface area contributed by atoms with Gasteiger partial charge in [-0.2, -0.15) is 0 Å². The van der Waals surface area contributed by atoms with Crippen LogP contribution in [0.2, 0.25) is 0 Å². The highest BCUT2D eigenvalue weighted by Gasteiger charge is 2.18. The van der Waals surface area contributed by atoms with E-state index in [1.165, 1.54) is 53.7 Å². The van der Waals surface area contributed by atoms with Crippen molar-refractivity contribution in [3.05, 3.63) is 47.8 Å². The van der Waals surface area contributed by atoms with Gasteiger partial charge in [-0.25, -0.2) is 0 Å². The van der Waals surface area contributed by atoms with E-state index in [1.54, 1.807) is 0 Å². The number of aromatic nitrogens is 2. The maximum absolute atomic E-state index is 6.18. The molecule has 1 aliphatic heterocycles. The molecule has 2 aromatic heterocycles. The Hall–Kier alpha value is -2.33. The Labute approximate surface area is 161 Å². The van der Waals surface area contributed by atoms with Crippen LogP contribution >= 0.6 is 0 Å². The number of pyridine rings is 1. The molecule has 1 aliphatic rings. The fraction of sp³-hybridized carbons (Fsp3) is 0.435.